The molecule has 0 aliphatic rings. The first-order chi connectivity index (χ1) is 7.50. The molecule has 0 radical (unpaired) electrons. The van der Waals surface area contributed by atoms with Crippen molar-refractivity contribution in [1.82, 2.24) is 0 Å². The van der Waals surface area contributed by atoms with Crippen LogP contribution >= 0.6 is 0 Å². The van der Waals surface area contributed by atoms with Gasteiger partial charge in [-0.25, -0.2) is 9.59 Å². The maximum atomic E-state index is 10.9. The van der Waals surface area contributed by atoms with Crippen molar-refractivity contribution in [3.63, 3.8) is 0 Å². The zero-order chi connectivity index (χ0) is 11.9. The van der Waals surface area contributed by atoms with Crippen LogP contribution in [0, 0.1) is 0 Å². The van der Waals surface area contributed by atoms with Crippen LogP contribution in [-0.2, 0) is 0 Å². The maximum absolute atomic E-state index is 10.9. The van der Waals surface area contributed by atoms with E-state index in [2.05, 4.69) is 4.42 Å². The quantitative estimate of drug-likeness (QED) is 0.488. The van der Waals surface area contributed by atoms with Crippen LogP contribution in [0.1, 0.15) is 10.4 Å². The molecule has 2 rings (SSSR count). The number of carboxylic acids is 1. The monoisotopic (exact) mass is 222 g/mol. The van der Waals surface area contributed by atoms with Crippen molar-refractivity contribution in [1.29, 1.82) is 0 Å². The third kappa shape index (κ3) is 1.36. The number of aromatic carboxylic acids is 1. The SMILES string of the molecule is O=C(O)c1cc(O)c(O)c2oc(=O)ccc12. The molecule has 0 aliphatic carbocycles. The fourth-order valence-corrected chi connectivity index (χ4v) is 1.38. The molecular formula is C10H6O6. The summed E-state index contributed by atoms with van der Waals surface area (Å²) in [6, 6.07) is 3.13. The summed E-state index contributed by atoms with van der Waals surface area (Å²) < 4.78 is 4.64. The van der Waals surface area contributed by atoms with Gasteiger partial charge >= 0.3 is 11.6 Å². The van der Waals surface area contributed by atoms with Crippen molar-refractivity contribution in [2.75, 3.05) is 0 Å². The highest BCUT2D eigenvalue weighted by atomic mass is 16.4. The van der Waals surface area contributed by atoms with Crippen molar-refractivity contribution in [3.05, 3.63) is 34.2 Å². The largest absolute Gasteiger partial charge is 0.504 e. The second-order valence-corrected chi connectivity index (χ2v) is 3.09. The molecule has 0 bridgehead atoms. The van der Waals surface area contributed by atoms with E-state index in [1.165, 1.54) is 6.07 Å². The average molecular weight is 222 g/mol. The highest BCUT2D eigenvalue weighted by Crippen LogP contribution is 2.35. The van der Waals surface area contributed by atoms with E-state index in [0.29, 0.717) is 0 Å². The summed E-state index contributed by atoms with van der Waals surface area (Å²) in [6.07, 6.45) is 0. The molecule has 0 atom stereocenters. The molecule has 82 valence electrons. The van der Waals surface area contributed by atoms with E-state index in [4.69, 9.17) is 5.11 Å². The van der Waals surface area contributed by atoms with Crippen molar-refractivity contribution < 1.29 is 24.5 Å². The maximum Gasteiger partial charge on any atom is 0.336 e. The van der Waals surface area contributed by atoms with Gasteiger partial charge in [-0.15, -0.1) is 0 Å². The van der Waals surface area contributed by atoms with E-state index in [1.807, 2.05) is 0 Å². The van der Waals surface area contributed by atoms with E-state index < -0.39 is 23.1 Å². The van der Waals surface area contributed by atoms with Crippen LogP contribution in [0.3, 0.4) is 0 Å². The molecule has 0 amide bonds. The minimum atomic E-state index is -1.30. The predicted octanol–water partition coefficient (Wildman–Crippen LogP) is 0.902. The van der Waals surface area contributed by atoms with Gasteiger partial charge in [0.15, 0.2) is 11.3 Å². The second-order valence-electron chi connectivity index (χ2n) is 3.09. The lowest BCUT2D eigenvalue weighted by Crippen LogP contribution is -2.01. The number of phenolic OH excluding ortho intramolecular Hbond substituents is 2. The summed E-state index contributed by atoms with van der Waals surface area (Å²) in [6.45, 7) is 0. The molecule has 0 unspecified atom stereocenters. The molecule has 3 N–H and O–H groups in total. The summed E-state index contributed by atoms with van der Waals surface area (Å²) in [5.74, 6) is -2.61. The van der Waals surface area contributed by atoms with Crippen LogP contribution in [0.5, 0.6) is 11.5 Å². The number of fused-ring (bicyclic) bond motifs is 1. The van der Waals surface area contributed by atoms with Crippen LogP contribution in [0.15, 0.2) is 27.4 Å². The molecule has 1 heterocycles. The van der Waals surface area contributed by atoms with Crippen LogP contribution in [0.2, 0.25) is 0 Å². The number of phenols is 2. The molecule has 0 saturated heterocycles. The van der Waals surface area contributed by atoms with Crippen molar-refractivity contribution in [3.8, 4) is 11.5 Å². The molecule has 6 nitrogen and oxygen atoms in total. The topological polar surface area (TPSA) is 108 Å². The molecule has 0 aliphatic heterocycles. The molecule has 6 heteroatoms. The minimum absolute atomic E-state index is 0.0439. The van der Waals surface area contributed by atoms with E-state index in [1.54, 1.807) is 0 Å². The van der Waals surface area contributed by atoms with Crippen LogP contribution in [0.25, 0.3) is 11.0 Å². The Kier molecular flexibility index (Phi) is 2.05. The summed E-state index contributed by atoms with van der Waals surface area (Å²) in [7, 11) is 0. The molecule has 1 aromatic carbocycles. The molecule has 0 saturated carbocycles. The number of hydrogen-bond acceptors (Lipinski definition) is 5. The van der Waals surface area contributed by atoms with Gasteiger partial charge in [0, 0.05) is 11.5 Å². The molecular weight excluding hydrogens is 216 g/mol. The number of aromatic hydroxyl groups is 2. The normalized spacial score (nSPS) is 10.5. The number of carboxylic acid groups (broad SMARTS) is 1. The predicted molar refractivity (Wildman–Crippen MR) is 52.8 cm³/mol. The summed E-state index contributed by atoms with van der Waals surface area (Å²) in [5.41, 5.74) is -1.34. The van der Waals surface area contributed by atoms with Gasteiger partial charge in [0.05, 0.1) is 5.56 Å². The zero-order valence-corrected chi connectivity index (χ0v) is 7.80. The Hall–Kier alpha value is -2.50. The van der Waals surface area contributed by atoms with Gasteiger partial charge < -0.3 is 19.7 Å². The highest BCUT2D eigenvalue weighted by molar-refractivity contribution is 6.04. The third-order valence-corrected chi connectivity index (χ3v) is 2.09. The molecule has 0 fully saturated rings. The Morgan fingerprint density at radius 1 is 1.25 bits per heavy atom. The van der Waals surface area contributed by atoms with Crippen molar-refractivity contribution in [2.45, 2.75) is 0 Å². The Morgan fingerprint density at radius 2 is 1.94 bits per heavy atom. The summed E-state index contributed by atoms with van der Waals surface area (Å²) >= 11 is 0. The number of carbonyl (C=O) groups is 1. The number of hydrogen-bond donors (Lipinski definition) is 3. The first-order valence-corrected chi connectivity index (χ1v) is 4.23. The second kappa shape index (κ2) is 3.27. The van der Waals surface area contributed by atoms with Crippen LogP contribution < -0.4 is 5.63 Å². The fourth-order valence-electron chi connectivity index (χ4n) is 1.38. The van der Waals surface area contributed by atoms with Gasteiger partial charge in [-0.1, -0.05) is 0 Å². The van der Waals surface area contributed by atoms with Crippen molar-refractivity contribution in [2.24, 2.45) is 0 Å². The number of benzene rings is 1. The molecule has 1 aromatic heterocycles. The van der Waals surface area contributed by atoms with E-state index >= 15 is 0 Å². The van der Waals surface area contributed by atoms with Gasteiger partial charge in [-0.05, 0) is 12.1 Å². The Bertz CT molecular complexity index is 640. The number of rotatable bonds is 1. The fraction of sp³-hybridized carbons (Fsp3) is 0. The Morgan fingerprint density at radius 3 is 2.56 bits per heavy atom. The van der Waals surface area contributed by atoms with Gasteiger partial charge in [0.1, 0.15) is 0 Å². The first kappa shape index (κ1) is 10.0. The van der Waals surface area contributed by atoms with Gasteiger partial charge in [-0.2, -0.15) is 0 Å². The lowest BCUT2D eigenvalue weighted by atomic mass is 10.1. The lowest BCUT2D eigenvalue weighted by molar-refractivity contribution is 0.0698. The molecule has 0 spiro atoms. The van der Waals surface area contributed by atoms with Crippen molar-refractivity contribution >= 4 is 16.9 Å². The van der Waals surface area contributed by atoms with Gasteiger partial charge in [0.25, 0.3) is 0 Å². The zero-order valence-electron chi connectivity index (χ0n) is 7.80. The molecule has 16 heavy (non-hydrogen) atoms. The highest BCUT2D eigenvalue weighted by Gasteiger charge is 2.17. The third-order valence-electron chi connectivity index (χ3n) is 2.09. The van der Waals surface area contributed by atoms with E-state index in [0.717, 1.165) is 12.1 Å². The summed E-state index contributed by atoms with van der Waals surface area (Å²) in [5, 5.41) is 27.6. The Labute approximate surface area is 88.0 Å². The lowest BCUT2D eigenvalue weighted by Gasteiger charge is -2.04. The van der Waals surface area contributed by atoms with E-state index in [-0.39, 0.29) is 16.5 Å². The summed E-state index contributed by atoms with van der Waals surface area (Å²) in [4.78, 5) is 21.8. The standard InChI is InChI=1S/C10H6O6/c11-6-3-5(10(14)15)4-1-2-7(12)16-9(4)8(6)13/h1-3,11,13H,(H,14,15). The average Bonchev–Trinajstić information content (AvgIpc) is 2.23. The minimum Gasteiger partial charge on any atom is -0.504 e. The van der Waals surface area contributed by atoms with E-state index in [9.17, 15) is 19.8 Å². The van der Waals surface area contributed by atoms with Crippen LogP contribution in [-0.4, -0.2) is 21.3 Å². The smallest absolute Gasteiger partial charge is 0.336 e. The first-order valence-electron chi connectivity index (χ1n) is 4.23. The van der Waals surface area contributed by atoms with Gasteiger partial charge in [0.2, 0.25) is 5.75 Å². The molecule has 2 aromatic rings. The van der Waals surface area contributed by atoms with Crippen LogP contribution in [0.4, 0.5) is 0 Å². The Balaban J connectivity index is 3.00. The van der Waals surface area contributed by atoms with Gasteiger partial charge in [-0.3, -0.25) is 0 Å².